The van der Waals surface area contributed by atoms with Crippen LogP contribution in [0.25, 0.3) is 16.0 Å². The van der Waals surface area contributed by atoms with Crippen molar-refractivity contribution in [2.45, 2.75) is 44.1 Å². The summed E-state index contributed by atoms with van der Waals surface area (Å²) in [5.41, 5.74) is 1.95. The molecule has 5 nitrogen and oxygen atoms in total. The van der Waals surface area contributed by atoms with Gasteiger partial charge >= 0.3 is 0 Å². The first-order valence-electron chi connectivity index (χ1n) is 8.83. The Morgan fingerprint density at radius 1 is 1.41 bits per heavy atom. The van der Waals surface area contributed by atoms with Gasteiger partial charge in [0.05, 0.1) is 24.0 Å². The fraction of sp³-hybridized carbons (Fsp3) is 0.350. The molecular formula is C20H19N3O2S2. The number of rotatable bonds is 4. The maximum Gasteiger partial charge on any atom is 0.211 e. The van der Waals surface area contributed by atoms with Crippen molar-refractivity contribution in [3.8, 4) is 11.8 Å². The SMILES string of the molecule is CCC1(C)Cc2c(sc3c(nc(SCC#N)n3-c3ccccc3)c2=O)CO1. The van der Waals surface area contributed by atoms with Crippen molar-refractivity contribution in [1.82, 2.24) is 9.55 Å². The summed E-state index contributed by atoms with van der Waals surface area (Å²) in [6.07, 6.45) is 1.47. The number of thioether (sulfide) groups is 1. The van der Waals surface area contributed by atoms with Crippen LogP contribution in [0.5, 0.6) is 0 Å². The molecule has 1 atom stereocenters. The van der Waals surface area contributed by atoms with Crippen LogP contribution in [0.15, 0.2) is 40.3 Å². The van der Waals surface area contributed by atoms with E-state index in [1.165, 1.54) is 11.8 Å². The summed E-state index contributed by atoms with van der Waals surface area (Å²) < 4.78 is 8.04. The molecule has 0 bridgehead atoms. The molecular weight excluding hydrogens is 378 g/mol. The van der Waals surface area contributed by atoms with Crippen LogP contribution < -0.4 is 5.43 Å². The third-order valence-corrected chi connectivity index (χ3v) is 6.97. The molecule has 0 saturated heterocycles. The summed E-state index contributed by atoms with van der Waals surface area (Å²) in [6.45, 7) is 4.59. The van der Waals surface area contributed by atoms with Gasteiger partial charge in [0, 0.05) is 22.5 Å². The number of nitriles is 1. The van der Waals surface area contributed by atoms with Crippen LogP contribution in [0.3, 0.4) is 0 Å². The van der Waals surface area contributed by atoms with Gasteiger partial charge in [0.15, 0.2) is 5.16 Å². The van der Waals surface area contributed by atoms with E-state index in [9.17, 15) is 4.79 Å². The van der Waals surface area contributed by atoms with E-state index in [1.54, 1.807) is 11.3 Å². The van der Waals surface area contributed by atoms with E-state index in [-0.39, 0.29) is 16.8 Å². The van der Waals surface area contributed by atoms with Crippen LogP contribution in [0.1, 0.15) is 30.7 Å². The maximum atomic E-state index is 13.2. The van der Waals surface area contributed by atoms with Gasteiger partial charge in [-0.3, -0.25) is 9.36 Å². The minimum Gasteiger partial charge on any atom is -0.369 e. The summed E-state index contributed by atoms with van der Waals surface area (Å²) in [5.74, 6) is 0.283. The first-order chi connectivity index (χ1) is 13.1. The Morgan fingerprint density at radius 2 is 2.19 bits per heavy atom. The van der Waals surface area contributed by atoms with Crippen molar-refractivity contribution in [1.29, 1.82) is 5.26 Å². The van der Waals surface area contributed by atoms with Gasteiger partial charge in [-0.15, -0.1) is 11.3 Å². The van der Waals surface area contributed by atoms with Crippen LogP contribution in [0.2, 0.25) is 0 Å². The lowest BCUT2D eigenvalue weighted by atomic mass is 9.91. The van der Waals surface area contributed by atoms with Crippen molar-refractivity contribution < 1.29 is 4.74 Å². The minimum absolute atomic E-state index is 0.00443. The molecule has 0 fully saturated rings. The van der Waals surface area contributed by atoms with E-state index in [0.29, 0.717) is 23.7 Å². The summed E-state index contributed by atoms with van der Waals surface area (Å²) in [7, 11) is 0. The van der Waals surface area contributed by atoms with E-state index in [0.717, 1.165) is 27.4 Å². The lowest BCUT2D eigenvalue weighted by molar-refractivity contribution is -0.0550. The Balaban J connectivity index is 1.96. The van der Waals surface area contributed by atoms with Crippen LogP contribution in [-0.2, 0) is 17.8 Å². The molecule has 3 aromatic rings. The monoisotopic (exact) mass is 397 g/mol. The normalized spacial score (nSPS) is 19.0. The van der Waals surface area contributed by atoms with Crippen LogP contribution >= 0.6 is 23.1 Å². The number of hydrogen-bond donors (Lipinski definition) is 0. The molecule has 0 N–H and O–H groups in total. The Morgan fingerprint density at radius 3 is 2.89 bits per heavy atom. The molecule has 7 heteroatoms. The third-order valence-electron chi connectivity index (χ3n) is 4.98. The highest BCUT2D eigenvalue weighted by atomic mass is 32.2. The Bertz CT molecular complexity index is 1100. The average Bonchev–Trinajstić information content (AvgIpc) is 3.06. The Kier molecular flexibility index (Phi) is 4.81. The van der Waals surface area contributed by atoms with Crippen LogP contribution in [0, 0.1) is 11.3 Å². The Labute approximate surface area is 165 Å². The zero-order chi connectivity index (χ0) is 19.0. The third kappa shape index (κ3) is 3.18. The second-order valence-corrected chi connectivity index (χ2v) is 8.79. The fourth-order valence-corrected chi connectivity index (χ4v) is 5.15. The van der Waals surface area contributed by atoms with E-state index in [2.05, 4.69) is 24.9 Å². The maximum absolute atomic E-state index is 13.2. The molecule has 138 valence electrons. The van der Waals surface area contributed by atoms with Gasteiger partial charge in [-0.25, -0.2) is 4.98 Å². The highest BCUT2D eigenvalue weighted by molar-refractivity contribution is 7.99. The quantitative estimate of drug-likeness (QED) is 0.614. The summed E-state index contributed by atoms with van der Waals surface area (Å²) in [4.78, 5) is 19.7. The van der Waals surface area contributed by atoms with Gasteiger partial charge in [0.2, 0.25) is 5.43 Å². The summed E-state index contributed by atoms with van der Waals surface area (Å²) in [6, 6.07) is 12.0. The van der Waals surface area contributed by atoms with E-state index >= 15 is 0 Å². The number of aromatic nitrogens is 2. The van der Waals surface area contributed by atoms with Crippen molar-refractivity contribution >= 4 is 33.4 Å². The molecule has 1 aliphatic rings. The second kappa shape index (κ2) is 7.12. The number of fused-ring (bicyclic) bond motifs is 2. The molecule has 0 amide bonds. The minimum atomic E-state index is -0.299. The molecule has 2 aromatic heterocycles. The zero-order valence-electron chi connectivity index (χ0n) is 15.2. The zero-order valence-corrected chi connectivity index (χ0v) is 16.8. The summed E-state index contributed by atoms with van der Waals surface area (Å²) >= 11 is 2.92. The standard InChI is InChI=1S/C20H19N3O2S2/c1-3-20(2)11-14-15(12-25-20)27-18-16(17(14)24)22-19(26-10-9-21)23(18)13-7-5-4-6-8-13/h4-8H,3,10-12H2,1-2H3. The van der Waals surface area contributed by atoms with Gasteiger partial charge in [-0.2, -0.15) is 5.26 Å². The molecule has 1 aliphatic heterocycles. The number of nitrogens with zero attached hydrogens (tertiary/aromatic N) is 3. The highest BCUT2D eigenvalue weighted by Crippen LogP contribution is 2.36. The number of hydrogen-bond acceptors (Lipinski definition) is 6. The largest absolute Gasteiger partial charge is 0.369 e. The summed E-state index contributed by atoms with van der Waals surface area (Å²) in [5, 5.41) is 9.67. The molecule has 0 saturated carbocycles. The van der Waals surface area contributed by atoms with Gasteiger partial charge in [0.1, 0.15) is 10.3 Å². The lowest BCUT2D eigenvalue weighted by Gasteiger charge is -2.33. The number of imidazole rings is 1. The topological polar surface area (TPSA) is 67.9 Å². The molecule has 1 unspecified atom stereocenters. The van der Waals surface area contributed by atoms with Crippen LogP contribution in [-0.4, -0.2) is 20.9 Å². The predicted molar refractivity (Wildman–Crippen MR) is 109 cm³/mol. The highest BCUT2D eigenvalue weighted by Gasteiger charge is 2.33. The molecule has 27 heavy (non-hydrogen) atoms. The molecule has 4 rings (SSSR count). The predicted octanol–water partition coefficient (Wildman–Crippen LogP) is 4.30. The van der Waals surface area contributed by atoms with E-state index in [4.69, 9.17) is 10.00 Å². The second-order valence-electron chi connectivity index (χ2n) is 6.77. The van der Waals surface area contributed by atoms with Crippen LogP contribution in [0.4, 0.5) is 0 Å². The molecule has 1 aromatic carbocycles. The Hall–Kier alpha value is -2.14. The molecule has 3 heterocycles. The van der Waals surface area contributed by atoms with Crippen molar-refractivity contribution in [3.05, 3.63) is 51.0 Å². The average molecular weight is 398 g/mol. The fourth-order valence-electron chi connectivity index (χ4n) is 3.26. The molecule has 0 radical (unpaired) electrons. The van der Waals surface area contributed by atoms with Crippen molar-refractivity contribution in [2.24, 2.45) is 0 Å². The van der Waals surface area contributed by atoms with Crippen molar-refractivity contribution in [3.63, 3.8) is 0 Å². The van der Waals surface area contributed by atoms with Gasteiger partial charge in [-0.1, -0.05) is 36.9 Å². The molecule has 0 spiro atoms. The van der Waals surface area contributed by atoms with Crippen molar-refractivity contribution in [2.75, 3.05) is 5.75 Å². The number of benzene rings is 1. The van der Waals surface area contributed by atoms with Gasteiger partial charge in [-0.05, 0) is 25.5 Å². The first-order valence-corrected chi connectivity index (χ1v) is 10.6. The van der Waals surface area contributed by atoms with Gasteiger partial charge in [0.25, 0.3) is 0 Å². The van der Waals surface area contributed by atoms with Gasteiger partial charge < -0.3 is 4.74 Å². The number of para-hydroxylation sites is 1. The van der Waals surface area contributed by atoms with E-state index in [1.807, 2.05) is 34.9 Å². The first kappa shape index (κ1) is 18.2. The van der Waals surface area contributed by atoms with E-state index < -0.39 is 0 Å². The molecule has 0 aliphatic carbocycles. The number of ether oxygens (including phenoxy) is 1. The smallest absolute Gasteiger partial charge is 0.211 e. The lowest BCUT2D eigenvalue weighted by Crippen LogP contribution is -2.37.